The fraction of sp³-hybridized carbons (Fsp3) is 0.538. The Bertz CT molecular complexity index is 547. The number of anilines is 1. The van der Waals surface area contributed by atoms with E-state index in [1.54, 1.807) is 18.4 Å². The zero-order valence-corrected chi connectivity index (χ0v) is 12.7. The van der Waals surface area contributed by atoms with Crippen molar-refractivity contribution in [1.82, 2.24) is 14.8 Å². The molecule has 0 radical (unpaired) electrons. The third-order valence-electron chi connectivity index (χ3n) is 3.02. The van der Waals surface area contributed by atoms with E-state index in [0.717, 1.165) is 35.2 Å². The summed E-state index contributed by atoms with van der Waals surface area (Å²) in [6.07, 6.45) is 0. The fourth-order valence-corrected chi connectivity index (χ4v) is 2.84. The lowest BCUT2D eigenvalue weighted by molar-refractivity contribution is 0.211. The van der Waals surface area contributed by atoms with Crippen LogP contribution in [0.4, 0.5) is 5.13 Å². The molecule has 0 aliphatic heterocycles. The van der Waals surface area contributed by atoms with Crippen molar-refractivity contribution in [2.45, 2.75) is 27.3 Å². The number of methoxy groups -OCH3 is 1. The van der Waals surface area contributed by atoms with Gasteiger partial charge in [0.05, 0.1) is 18.0 Å². The van der Waals surface area contributed by atoms with Gasteiger partial charge in [0, 0.05) is 36.8 Å². The van der Waals surface area contributed by atoms with Gasteiger partial charge in [-0.25, -0.2) is 4.98 Å². The molecule has 19 heavy (non-hydrogen) atoms. The van der Waals surface area contributed by atoms with Gasteiger partial charge in [-0.2, -0.15) is 5.10 Å². The maximum atomic E-state index is 5.01. The second-order valence-corrected chi connectivity index (χ2v) is 5.18. The number of nitrogens with one attached hydrogen (secondary N) is 1. The molecular weight excluding hydrogens is 260 g/mol. The molecule has 2 aromatic heterocycles. The van der Waals surface area contributed by atoms with E-state index in [1.807, 2.05) is 11.6 Å². The summed E-state index contributed by atoms with van der Waals surface area (Å²) in [7, 11) is 1.70. The van der Waals surface area contributed by atoms with Crippen LogP contribution in [0, 0.1) is 13.8 Å². The van der Waals surface area contributed by atoms with Crippen LogP contribution in [-0.2, 0) is 11.3 Å². The molecule has 104 valence electrons. The summed E-state index contributed by atoms with van der Waals surface area (Å²) in [6.45, 7) is 8.57. The highest BCUT2D eigenvalue weighted by Crippen LogP contribution is 2.29. The fourth-order valence-electron chi connectivity index (χ4n) is 2.11. The van der Waals surface area contributed by atoms with Crippen LogP contribution >= 0.6 is 11.3 Å². The normalized spacial score (nSPS) is 10.9. The lowest BCUT2D eigenvalue weighted by atomic mass is 10.1. The lowest BCUT2D eigenvalue weighted by Gasteiger charge is -2.01. The van der Waals surface area contributed by atoms with E-state index in [2.05, 4.69) is 34.6 Å². The van der Waals surface area contributed by atoms with Gasteiger partial charge in [0.25, 0.3) is 0 Å². The molecule has 0 saturated heterocycles. The minimum atomic E-state index is 0.681. The number of thiazole rings is 1. The van der Waals surface area contributed by atoms with Crippen molar-refractivity contribution in [1.29, 1.82) is 0 Å². The minimum absolute atomic E-state index is 0.681. The maximum absolute atomic E-state index is 5.01. The Labute approximate surface area is 117 Å². The van der Waals surface area contributed by atoms with Gasteiger partial charge in [-0.3, -0.25) is 4.68 Å². The van der Waals surface area contributed by atoms with E-state index in [9.17, 15) is 0 Å². The Morgan fingerprint density at radius 3 is 2.84 bits per heavy atom. The van der Waals surface area contributed by atoms with Crippen LogP contribution in [0.5, 0.6) is 0 Å². The van der Waals surface area contributed by atoms with Gasteiger partial charge in [0.2, 0.25) is 0 Å². The van der Waals surface area contributed by atoms with Crippen LogP contribution in [0.2, 0.25) is 0 Å². The van der Waals surface area contributed by atoms with E-state index in [1.165, 1.54) is 5.69 Å². The van der Waals surface area contributed by atoms with Crippen molar-refractivity contribution in [3.05, 3.63) is 16.8 Å². The van der Waals surface area contributed by atoms with Crippen molar-refractivity contribution >= 4 is 16.5 Å². The molecule has 0 unspecified atom stereocenters. The second kappa shape index (κ2) is 6.16. The molecule has 0 saturated carbocycles. The molecule has 0 bridgehead atoms. The minimum Gasteiger partial charge on any atom is -0.383 e. The predicted octanol–water partition coefficient (Wildman–Crippen LogP) is 2.70. The zero-order chi connectivity index (χ0) is 13.8. The molecule has 1 N–H and O–H groups in total. The first kappa shape index (κ1) is 14.0. The zero-order valence-electron chi connectivity index (χ0n) is 11.9. The van der Waals surface area contributed by atoms with Crippen molar-refractivity contribution < 1.29 is 4.74 Å². The molecule has 2 rings (SSSR count). The summed E-state index contributed by atoms with van der Waals surface area (Å²) in [5.74, 6) is 0. The summed E-state index contributed by atoms with van der Waals surface area (Å²) < 4.78 is 7.03. The van der Waals surface area contributed by atoms with Gasteiger partial charge in [-0.15, -0.1) is 11.3 Å². The molecule has 5 nitrogen and oxygen atoms in total. The maximum Gasteiger partial charge on any atom is 0.183 e. The highest BCUT2D eigenvalue weighted by atomic mass is 32.1. The van der Waals surface area contributed by atoms with Crippen molar-refractivity contribution in [3.8, 4) is 11.3 Å². The third kappa shape index (κ3) is 2.96. The average molecular weight is 280 g/mol. The van der Waals surface area contributed by atoms with Gasteiger partial charge in [-0.05, 0) is 20.8 Å². The van der Waals surface area contributed by atoms with Crippen LogP contribution in [0.3, 0.4) is 0 Å². The number of aryl methyl sites for hydroxylation is 2. The van der Waals surface area contributed by atoms with E-state index in [4.69, 9.17) is 4.74 Å². The molecular formula is C13H20N4OS. The lowest BCUT2D eigenvalue weighted by Crippen LogP contribution is -2.07. The van der Waals surface area contributed by atoms with Crippen molar-refractivity contribution in [2.75, 3.05) is 25.6 Å². The van der Waals surface area contributed by atoms with Gasteiger partial charge >= 0.3 is 0 Å². The smallest absolute Gasteiger partial charge is 0.183 e. The Hall–Kier alpha value is -1.40. The van der Waals surface area contributed by atoms with Crippen LogP contribution < -0.4 is 5.32 Å². The number of nitrogens with zero attached hydrogens (tertiary/aromatic N) is 3. The first-order valence-electron chi connectivity index (χ1n) is 6.40. The van der Waals surface area contributed by atoms with E-state index in [-0.39, 0.29) is 0 Å². The van der Waals surface area contributed by atoms with Crippen LogP contribution in [0.1, 0.15) is 18.3 Å². The summed E-state index contributed by atoms with van der Waals surface area (Å²) >= 11 is 1.61. The van der Waals surface area contributed by atoms with Crippen molar-refractivity contribution in [3.63, 3.8) is 0 Å². The van der Waals surface area contributed by atoms with Crippen LogP contribution in [-0.4, -0.2) is 35.0 Å². The number of rotatable bonds is 6. The van der Waals surface area contributed by atoms with Gasteiger partial charge in [-0.1, -0.05) is 0 Å². The monoisotopic (exact) mass is 280 g/mol. The molecule has 2 heterocycles. The Morgan fingerprint density at radius 1 is 1.42 bits per heavy atom. The van der Waals surface area contributed by atoms with Crippen LogP contribution in [0.15, 0.2) is 5.38 Å². The standard InChI is InChI=1S/C13H20N4OS/c1-5-17-10(3)12(9(2)16-17)11-8-19-13(15-11)14-6-7-18-4/h8H,5-7H2,1-4H3,(H,14,15). The van der Waals surface area contributed by atoms with Crippen LogP contribution in [0.25, 0.3) is 11.3 Å². The highest BCUT2D eigenvalue weighted by molar-refractivity contribution is 7.14. The van der Waals surface area contributed by atoms with Gasteiger partial charge < -0.3 is 10.1 Å². The largest absolute Gasteiger partial charge is 0.383 e. The highest BCUT2D eigenvalue weighted by Gasteiger charge is 2.15. The Balaban J connectivity index is 2.20. The number of hydrogen-bond acceptors (Lipinski definition) is 5. The topological polar surface area (TPSA) is 52.0 Å². The number of ether oxygens (including phenoxy) is 1. The van der Waals surface area contributed by atoms with Crippen molar-refractivity contribution in [2.24, 2.45) is 0 Å². The summed E-state index contributed by atoms with van der Waals surface area (Å²) in [4.78, 5) is 4.62. The summed E-state index contributed by atoms with van der Waals surface area (Å²) in [5, 5.41) is 10.8. The molecule has 0 aliphatic rings. The van der Waals surface area contributed by atoms with E-state index < -0.39 is 0 Å². The van der Waals surface area contributed by atoms with E-state index in [0.29, 0.717) is 6.61 Å². The first-order valence-corrected chi connectivity index (χ1v) is 7.28. The Morgan fingerprint density at radius 2 is 2.21 bits per heavy atom. The molecule has 0 spiro atoms. The number of aromatic nitrogens is 3. The second-order valence-electron chi connectivity index (χ2n) is 4.32. The van der Waals surface area contributed by atoms with Gasteiger partial charge in [0.15, 0.2) is 5.13 Å². The molecule has 6 heteroatoms. The Kier molecular flexibility index (Phi) is 4.55. The quantitative estimate of drug-likeness (QED) is 0.827. The molecule has 0 aliphatic carbocycles. The van der Waals surface area contributed by atoms with E-state index >= 15 is 0 Å². The molecule has 0 aromatic carbocycles. The third-order valence-corrected chi connectivity index (χ3v) is 3.82. The first-order chi connectivity index (χ1) is 9.17. The van der Waals surface area contributed by atoms with Gasteiger partial charge in [0.1, 0.15) is 0 Å². The summed E-state index contributed by atoms with van der Waals surface area (Å²) in [6, 6.07) is 0. The SMILES string of the molecule is CCn1nc(C)c(-c2csc(NCCOC)n2)c1C. The molecule has 0 fully saturated rings. The predicted molar refractivity (Wildman–Crippen MR) is 78.8 cm³/mol. The average Bonchev–Trinajstić information content (AvgIpc) is 2.94. The molecule has 0 amide bonds. The molecule has 2 aromatic rings. The molecule has 0 atom stereocenters. The number of hydrogen-bond donors (Lipinski definition) is 1. The summed E-state index contributed by atoms with van der Waals surface area (Å²) in [5.41, 5.74) is 4.36.